The van der Waals surface area contributed by atoms with Crippen molar-refractivity contribution < 1.29 is 4.79 Å². The van der Waals surface area contributed by atoms with Gasteiger partial charge in [-0.1, -0.05) is 23.4 Å². The first kappa shape index (κ1) is 14.3. The fourth-order valence-corrected chi connectivity index (χ4v) is 2.56. The zero-order valence-corrected chi connectivity index (χ0v) is 12.7. The second-order valence-electron chi connectivity index (χ2n) is 5.48. The lowest BCUT2D eigenvalue weighted by molar-refractivity contribution is -0.116. The van der Waals surface area contributed by atoms with E-state index in [0.717, 1.165) is 27.8 Å². The van der Waals surface area contributed by atoms with Gasteiger partial charge in [0, 0.05) is 12.1 Å². The van der Waals surface area contributed by atoms with E-state index in [1.54, 1.807) is 4.68 Å². The van der Waals surface area contributed by atoms with Crippen molar-refractivity contribution in [3.8, 4) is 0 Å². The van der Waals surface area contributed by atoms with Crippen molar-refractivity contribution in [2.24, 2.45) is 0 Å². The molecule has 0 aliphatic heterocycles. The zero-order chi connectivity index (χ0) is 15.5. The number of fused-ring (bicyclic) bond motifs is 1. The van der Waals surface area contributed by atoms with Gasteiger partial charge in [-0.25, -0.2) is 4.68 Å². The highest BCUT2D eigenvalue weighted by Crippen LogP contribution is 2.14. The summed E-state index contributed by atoms with van der Waals surface area (Å²) >= 11 is 0. The molecule has 1 amide bonds. The number of carbonyl (C=O) groups is 1. The van der Waals surface area contributed by atoms with Crippen LogP contribution in [0.15, 0.2) is 42.5 Å². The molecule has 1 aromatic heterocycles. The number of nitrogens with zero attached hydrogens (tertiary/aromatic N) is 3. The van der Waals surface area contributed by atoms with Gasteiger partial charge in [-0.3, -0.25) is 4.79 Å². The molecule has 0 aliphatic carbocycles. The van der Waals surface area contributed by atoms with E-state index in [4.69, 9.17) is 0 Å². The van der Waals surface area contributed by atoms with Crippen LogP contribution in [0, 0.1) is 13.8 Å². The maximum absolute atomic E-state index is 12.1. The molecule has 0 atom stereocenters. The first-order valence-electron chi connectivity index (χ1n) is 7.28. The number of carbonyl (C=O) groups excluding carboxylic acids is 1. The summed E-state index contributed by atoms with van der Waals surface area (Å²) in [6, 6.07) is 13.8. The molecule has 0 radical (unpaired) electrons. The highest BCUT2D eigenvalue weighted by atomic mass is 16.1. The Morgan fingerprint density at radius 2 is 1.86 bits per heavy atom. The van der Waals surface area contributed by atoms with Gasteiger partial charge in [0.15, 0.2) is 0 Å². The Morgan fingerprint density at radius 3 is 2.64 bits per heavy atom. The van der Waals surface area contributed by atoms with Gasteiger partial charge in [0.2, 0.25) is 5.91 Å². The SMILES string of the molecule is Cc1cc(C)cc(NC(=O)CCn2nnc3ccccc32)c1. The van der Waals surface area contributed by atoms with E-state index in [1.807, 2.05) is 50.2 Å². The van der Waals surface area contributed by atoms with E-state index in [-0.39, 0.29) is 5.91 Å². The van der Waals surface area contributed by atoms with Crippen molar-refractivity contribution in [3.63, 3.8) is 0 Å². The number of hydrogen-bond acceptors (Lipinski definition) is 3. The van der Waals surface area contributed by atoms with Gasteiger partial charge in [0.05, 0.1) is 12.1 Å². The van der Waals surface area contributed by atoms with Crippen molar-refractivity contribution in [2.45, 2.75) is 26.8 Å². The molecule has 1 heterocycles. The average Bonchev–Trinajstić information content (AvgIpc) is 2.87. The summed E-state index contributed by atoms with van der Waals surface area (Å²) in [6.07, 6.45) is 0.361. The molecule has 22 heavy (non-hydrogen) atoms. The molecule has 0 unspecified atom stereocenters. The Kier molecular flexibility index (Phi) is 3.87. The average molecular weight is 294 g/mol. The standard InChI is InChI=1S/C17H18N4O/c1-12-9-13(2)11-14(10-12)18-17(22)7-8-21-16-6-4-3-5-15(16)19-20-21/h3-6,9-11H,7-8H2,1-2H3,(H,18,22). The van der Waals surface area contributed by atoms with E-state index < -0.39 is 0 Å². The molecular weight excluding hydrogens is 276 g/mol. The first-order chi connectivity index (χ1) is 10.6. The van der Waals surface area contributed by atoms with Crippen LogP contribution >= 0.6 is 0 Å². The van der Waals surface area contributed by atoms with Crippen LogP contribution in [0.25, 0.3) is 11.0 Å². The Hall–Kier alpha value is -2.69. The number of para-hydroxylation sites is 1. The monoisotopic (exact) mass is 294 g/mol. The first-order valence-corrected chi connectivity index (χ1v) is 7.28. The summed E-state index contributed by atoms with van der Waals surface area (Å²) in [7, 11) is 0. The Labute approximate surface area is 129 Å². The van der Waals surface area contributed by atoms with Gasteiger partial charge in [-0.15, -0.1) is 5.10 Å². The van der Waals surface area contributed by atoms with Gasteiger partial charge in [-0.2, -0.15) is 0 Å². The lowest BCUT2D eigenvalue weighted by Gasteiger charge is -2.08. The molecule has 112 valence electrons. The van der Waals surface area contributed by atoms with Crippen molar-refractivity contribution in [1.29, 1.82) is 0 Å². The summed E-state index contributed by atoms with van der Waals surface area (Å²) < 4.78 is 1.76. The highest BCUT2D eigenvalue weighted by molar-refractivity contribution is 5.90. The third kappa shape index (κ3) is 3.14. The number of rotatable bonds is 4. The minimum Gasteiger partial charge on any atom is -0.326 e. The van der Waals surface area contributed by atoms with Crippen molar-refractivity contribution in [2.75, 3.05) is 5.32 Å². The summed E-state index contributed by atoms with van der Waals surface area (Å²) in [5, 5.41) is 11.1. The summed E-state index contributed by atoms with van der Waals surface area (Å²) in [4.78, 5) is 12.1. The lowest BCUT2D eigenvalue weighted by Crippen LogP contribution is -2.15. The smallest absolute Gasteiger partial charge is 0.226 e. The van der Waals surface area contributed by atoms with Crippen LogP contribution in [0.2, 0.25) is 0 Å². The van der Waals surface area contributed by atoms with Crippen LogP contribution in [0.3, 0.4) is 0 Å². The summed E-state index contributed by atoms with van der Waals surface area (Å²) in [6.45, 7) is 4.55. The fourth-order valence-electron chi connectivity index (χ4n) is 2.56. The molecule has 0 fully saturated rings. The van der Waals surface area contributed by atoms with Crippen molar-refractivity contribution in [3.05, 3.63) is 53.6 Å². The quantitative estimate of drug-likeness (QED) is 0.804. The fraction of sp³-hybridized carbons (Fsp3) is 0.235. The van der Waals surface area contributed by atoms with Crippen molar-refractivity contribution in [1.82, 2.24) is 15.0 Å². The van der Waals surface area contributed by atoms with E-state index in [1.165, 1.54) is 0 Å². The molecular formula is C17H18N4O. The number of nitrogens with one attached hydrogen (secondary N) is 1. The van der Waals surface area contributed by atoms with Gasteiger partial charge >= 0.3 is 0 Å². The molecule has 0 bridgehead atoms. The number of hydrogen-bond donors (Lipinski definition) is 1. The molecule has 0 saturated carbocycles. The lowest BCUT2D eigenvalue weighted by atomic mass is 10.1. The normalized spacial score (nSPS) is 10.8. The van der Waals surface area contributed by atoms with Gasteiger partial charge in [0.25, 0.3) is 0 Å². The Morgan fingerprint density at radius 1 is 1.14 bits per heavy atom. The molecule has 5 heteroatoms. The summed E-state index contributed by atoms with van der Waals surface area (Å²) in [5.74, 6) is -0.0235. The largest absolute Gasteiger partial charge is 0.326 e. The van der Waals surface area contributed by atoms with Crippen LogP contribution in [-0.2, 0) is 11.3 Å². The molecule has 3 rings (SSSR count). The molecule has 0 spiro atoms. The van der Waals surface area contributed by atoms with E-state index in [2.05, 4.69) is 21.7 Å². The number of aryl methyl sites for hydroxylation is 3. The topological polar surface area (TPSA) is 59.8 Å². The van der Waals surface area contributed by atoms with E-state index in [0.29, 0.717) is 13.0 Å². The molecule has 0 aliphatic rings. The Balaban J connectivity index is 1.65. The van der Waals surface area contributed by atoms with E-state index >= 15 is 0 Å². The molecule has 2 aromatic carbocycles. The maximum atomic E-state index is 12.1. The third-order valence-corrected chi connectivity index (χ3v) is 3.48. The molecule has 1 N–H and O–H groups in total. The number of benzene rings is 2. The van der Waals surface area contributed by atoms with Gasteiger partial charge < -0.3 is 5.32 Å². The molecule has 0 saturated heterocycles. The third-order valence-electron chi connectivity index (χ3n) is 3.48. The van der Waals surface area contributed by atoms with Crippen LogP contribution in [0.4, 0.5) is 5.69 Å². The second kappa shape index (κ2) is 5.97. The maximum Gasteiger partial charge on any atom is 0.226 e. The van der Waals surface area contributed by atoms with Crippen LogP contribution in [-0.4, -0.2) is 20.9 Å². The van der Waals surface area contributed by atoms with E-state index in [9.17, 15) is 4.79 Å². The molecule has 3 aromatic rings. The summed E-state index contributed by atoms with van der Waals surface area (Å²) in [5.41, 5.74) is 4.90. The zero-order valence-electron chi connectivity index (χ0n) is 12.7. The minimum atomic E-state index is -0.0235. The highest BCUT2D eigenvalue weighted by Gasteiger charge is 2.07. The van der Waals surface area contributed by atoms with Gasteiger partial charge in [-0.05, 0) is 49.2 Å². The minimum absolute atomic E-state index is 0.0235. The number of aromatic nitrogens is 3. The number of amides is 1. The second-order valence-corrected chi connectivity index (χ2v) is 5.48. The number of anilines is 1. The van der Waals surface area contributed by atoms with Crippen LogP contribution in [0.5, 0.6) is 0 Å². The van der Waals surface area contributed by atoms with Gasteiger partial charge in [0.1, 0.15) is 5.52 Å². The van der Waals surface area contributed by atoms with Crippen LogP contribution < -0.4 is 5.32 Å². The predicted octanol–water partition coefficient (Wildman–Crippen LogP) is 3.08. The predicted molar refractivity (Wildman–Crippen MR) is 86.7 cm³/mol. The molecule has 5 nitrogen and oxygen atoms in total. The Bertz CT molecular complexity index is 802. The van der Waals surface area contributed by atoms with Crippen molar-refractivity contribution >= 4 is 22.6 Å². The van der Waals surface area contributed by atoms with Crippen LogP contribution in [0.1, 0.15) is 17.5 Å².